The van der Waals surface area contributed by atoms with Gasteiger partial charge in [0.2, 0.25) is 0 Å². The van der Waals surface area contributed by atoms with Crippen molar-refractivity contribution in [1.82, 2.24) is 0 Å². The van der Waals surface area contributed by atoms with Crippen LogP contribution in [0.2, 0.25) is 0 Å². The standard InChI is InChI=1S/C29H42N2O6/c1-18(2)22(16-24(30)26(32)13-19(3)28(33)34)14-20-11-12-23(29(4,5)6)27(15-20)37-17-21-9-7-8-10-25(21)31(35)36/h7-12,15,18-19,22,24,26,32H,13-14,16-17,30H2,1-6H3,(H,33,34). The van der Waals surface area contributed by atoms with E-state index in [-0.39, 0.29) is 36.0 Å². The highest BCUT2D eigenvalue weighted by atomic mass is 16.6. The molecular weight excluding hydrogens is 472 g/mol. The fraction of sp³-hybridized carbons (Fsp3) is 0.552. The molecule has 0 saturated heterocycles. The highest BCUT2D eigenvalue weighted by Crippen LogP contribution is 2.35. The van der Waals surface area contributed by atoms with E-state index in [1.807, 2.05) is 12.1 Å². The Morgan fingerprint density at radius 1 is 1.11 bits per heavy atom. The SMILES string of the molecule is CC(CC(O)C(N)CC(Cc1ccc(C(C)(C)C)c(OCc2ccccc2[N+](=O)[O-])c1)C(C)C)C(=O)O. The lowest BCUT2D eigenvalue weighted by molar-refractivity contribution is -0.385. The molecule has 0 aliphatic carbocycles. The van der Waals surface area contributed by atoms with E-state index in [0.717, 1.165) is 11.1 Å². The molecule has 0 radical (unpaired) electrons. The molecule has 0 aliphatic rings. The summed E-state index contributed by atoms with van der Waals surface area (Å²) in [5.41, 5.74) is 8.69. The van der Waals surface area contributed by atoms with Crippen molar-refractivity contribution < 1.29 is 24.7 Å². The van der Waals surface area contributed by atoms with Gasteiger partial charge >= 0.3 is 5.97 Å². The fourth-order valence-corrected chi connectivity index (χ4v) is 4.44. The van der Waals surface area contributed by atoms with Gasteiger partial charge in [0.25, 0.3) is 5.69 Å². The molecule has 4 atom stereocenters. The van der Waals surface area contributed by atoms with Gasteiger partial charge in [0.1, 0.15) is 12.4 Å². The van der Waals surface area contributed by atoms with Crippen LogP contribution in [0, 0.1) is 27.9 Å². The Balaban J connectivity index is 2.25. The van der Waals surface area contributed by atoms with Crippen LogP contribution in [0.1, 0.15) is 71.1 Å². The first-order valence-electron chi connectivity index (χ1n) is 12.9. The third kappa shape index (κ3) is 8.83. The van der Waals surface area contributed by atoms with Crippen LogP contribution in [-0.2, 0) is 23.2 Å². The number of ether oxygens (including phenoxy) is 1. The number of aliphatic hydroxyl groups is 1. The van der Waals surface area contributed by atoms with Gasteiger partial charge in [0.15, 0.2) is 0 Å². The van der Waals surface area contributed by atoms with Gasteiger partial charge in [-0.05, 0) is 59.8 Å². The minimum Gasteiger partial charge on any atom is -0.488 e. The predicted molar refractivity (Wildman–Crippen MR) is 145 cm³/mol. The zero-order chi connectivity index (χ0) is 27.9. The molecule has 37 heavy (non-hydrogen) atoms. The van der Waals surface area contributed by atoms with Gasteiger partial charge in [-0.15, -0.1) is 0 Å². The number of nitrogens with two attached hydrogens (primary N) is 1. The maximum absolute atomic E-state index is 11.4. The van der Waals surface area contributed by atoms with Crippen molar-refractivity contribution in [2.75, 3.05) is 0 Å². The number of nitro groups is 1. The fourth-order valence-electron chi connectivity index (χ4n) is 4.44. The van der Waals surface area contributed by atoms with E-state index in [0.29, 0.717) is 24.2 Å². The quantitative estimate of drug-likeness (QED) is 0.238. The average Bonchev–Trinajstić information content (AvgIpc) is 2.81. The number of aliphatic hydroxyl groups excluding tert-OH is 1. The second-order valence-electron chi connectivity index (χ2n) is 11.4. The molecule has 0 aliphatic heterocycles. The zero-order valence-electron chi connectivity index (χ0n) is 22.8. The molecule has 0 amide bonds. The van der Waals surface area contributed by atoms with Gasteiger partial charge in [0.05, 0.1) is 22.5 Å². The topological polar surface area (TPSA) is 136 Å². The maximum atomic E-state index is 11.4. The Hall–Kier alpha value is -2.97. The number of carbonyl (C=O) groups is 1. The number of hydrogen-bond donors (Lipinski definition) is 3. The molecule has 2 aromatic rings. The number of aliphatic carboxylic acids is 1. The van der Waals surface area contributed by atoms with Gasteiger partial charge in [0, 0.05) is 12.1 Å². The Labute approximate surface area is 220 Å². The summed E-state index contributed by atoms with van der Waals surface area (Å²) in [7, 11) is 0. The molecule has 2 rings (SSSR count). The first-order valence-corrected chi connectivity index (χ1v) is 12.9. The number of nitrogens with zero attached hydrogens (tertiary/aromatic N) is 1. The van der Waals surface area contributed by atoms with E-state index in [4.69, 9.17) is 15.6 Å². The largest absolute Gasteiger partial charge is 0.488 e. The van der Waals surface area contributed by atoms with Crippen LogP contribution in [0.4, 0.5) is 5.69 Å². The molecule has 2 aromatic carbocycles. The summed E-state index contributed by atoms with van der Waals surface area (Å²) in [6.45, 7) is 12.1. The summed E-state index contributed by atoms with van der Waals surface area (Å²) in [6, 6.07) is 12.2. The second kappa shape index (κ2) is 13.0. The molecule has 4 unspecified atom stereocenters. The molecule has 4 N–H and O–H groups in total. The Morgan fingerprint density at radius 3 is 2.32 bits per heavy atom. The van der Waals surface area contributed by atoms with Crippen LogP contribution in [0.15, 0.2) is 42.5 Å². The number of nitro benzene ring substituents is 1. The summed E-state index contributed by atoms with van der Waals surface area (Å²) < 4.78 is 6.18. The molecule has 8 nitrogen and oxygen atoms in total. The van der Waals surface area contributed by atoms with Crippen molar-refractivity contribution in [2.45, 2.75) is 85.0 Å². The van der Waals surface area contributed by atoms with E-state index in [1.54, 1.807) is 25.1 Å². The Morgan fingerprint density at radius 2 is 1.76 bits per heavy atom. The summed E-state index contributed by atoms with van der Waals surface area (Å²) >= 11 is 0. The van der Waals surface area contributed by atoms with Gasteiger partial charge in [-0.2, -0.15) is 0 Å². The molecule has 0 saturated carbocycles. The van der Waals surface area contributed by atoms with E-state index < -0.39 is 29.0 Å². The van der Waals surface area contributed by atoms with Crippen molar-refractivity contribution >= 4 is 11.7 Å². The summed E-state index contributed by atoms with van der Waals surface area (Å²) in [5, 5.41) is 31.1. The smallest absolute Gasteiger partial charge is 0.306 e. The summed E-state index contributed by atoms with van der Waals surface area (Å²) in [5.74, 6) is -0.477. The summed E-state index contributed by atoms with van der Waals surface area (Å²) in [6.07, 6.45) is 0.485. The van der Waals surface area contributed by atoms with Crippen molar-refractivity contribution in [3.05, 3.63) is 69.3 Å². The minimum atomic E-state index is -0.945. The van der Waals surface area contributed by atoms with Crippen LogP contribution >= 0.6 is 0 Å². The van der Waals surface area contributed by atoms with Gasteiger partial charge in [-0.1, -0.05) is 65.8 Å². The van der Waals surface area contributed by atoms with Gasteiger partial charge in [-0.3, -0.25) is 14.9 Å². The van der Waals surface area contributed by atoms with E-state index in [1.165, 1.54) is 6.07 Å². The van der Waals surface area contributed by atoms with Crippen LogP contribution in [0.25, 0.3) is 0 Å². The third-order valence-corrected chi connectivity index (χ3v) is 6.95. The van der Waals surface area contributed by atoms with Crippen molar-refractivity contribution in [3.63, 3.8) is 0 Å². The number of carboxylic acids is 1. The van der Waals surface area contributed by atoms with E-state index >= 15 is 0 Å². The lowest BCUT2D eigenvalue weighted by Crippen LogP contribution is -2.39. The molecule has 0 bridgehead atoms. The molecule has 0 heterocycles. The molecule has 8 heteroatoms. The van der Waals surface area contributed by atoms with E-state index in [2.05, 4.69) is 40.7 Å². The second-order valence-corrected chi connectivity index (χ2v) is 11.4. The molecular formula is C29H42N2O6. The molecule has 0 fully saturated rings. The van der Waals surface area contributed by atoms with Crippen molar-refractivity contribution in [3.8, 4) is 5.75 Å². The number of rotatable bonds is 13. The number of para-hydroxylation sites is 1. The van der Waals surface area contributed by atoms with Crippen molar-refractivity contribution in [2.24, 2.45) is 23.5 Å². The van der Waals surface area contributed by atoms with E-state index in [9.17, 15) is 20.0 Å². The first-order chi connectivity index (χ1) is 17.2. The predicted octanol–water partition coefficient (Wildman–Crippen LogP) is 5.48. The average molecular weight is 515 g/mol. The van der Waals surface area contributed by atoms with Crippen molar-refractivity contribution in [1.29, 1.82) is 0 Å². The Kier molecular flexibility index (Phi) is 10.6. The highest BCUT2D eigenvalue weighted by Gasteiger charge is 2.27. The molecule has 0 aromatic heterocycles. The van der Waals surface area contributed by atoms with Gasteiger partial charge < -0.3 is 20.7 Å². The van der Waals surface area contributed by atoms with Crippen LogP contribution < -0.4 is 10.5 Å². The monoisotopic (exact) mass is 514 g/mol. The van der Waals surface area contributed by atoms with Crippen LogP contribution in [0.3, 0.4) is 0 Å². The number of carboxylic acid groups (broad SMARTS) is 1. The lowest BCUT2D eigenvalue weighted by Gasteiger charge is -2.28. The number of benzene rings is 2. The Bertz CT molecular complexity index is 1060. The molecule has 0 spiro atoms. The minimum absolute atomic E-state index is 0.0283. The lowest BCUT2D eigenvalue weighted by atomic mass is 9.81. The van der Waals surface area contributed by atoms with Gasteiger partial charge in [-0.25, -0.2) is 0 Å². The highest BCUT2D eigenvalue weighted by molar-refractivity contribution is 5.69. The first kappa shape index (κ1) is 30.3. The summed E-state index contributed by atoms with van der Waals surface area (Å²) in [4.78, 5) is 22.2. The molecule has 204 valence electrons. The third-order valence-electron chi connectivity index (χ3n) is 6.95. The van der Waals surface area contributed by atoms with Crippen LogP contribution in [0.5, 0.6) is 5.75 Å². The maximum Gasteiger partial charge on any atom is 0.306 e. The normalized spacial score (nSPS) is 15.2. The number of hydrogen-bond acceptors (Lipinski definition) is 6. The van der Waals surface area contributed by atoms with Crippen LogP contribution in [-0.4, -0.2) is 33.3 Å². The zero-order valence-corrected chi connectivity index (χ0v) is 22.8.